The number of halogens is 2. The summed E-state index contributed by atoms with van der Waals surface area (Å²) in [7, 11) is 0. The lowest BCUT2D eigenvalue weighted by atomic mass is 10.2. The van der Waals surface area contributed by atoms with Crippen LogP contribution in [0.1, 0.15) is 36.3 Å². The molecule has 2 unspecified atom stereocenters. The molecule has 0 saturated carbocycles. The average molecular weight is 362 g/mol. The zero-order chi connectivity index (χ0) is 18.7. The van der Waals surface area contributed by atoms with Gasteiger partial charge in [0.2, 0.25) is 0 Å². The lowest BCUT2D eigenvalue weighted by molar-refractivity contribution is -0.00545. The second-order valence-electron chi connectivity index (χ2n) is 6.29. The van der Waals surface area contributed by atoms with E-state index in [4.69, 9.17) is 4.74 Å². The van der Waals surface area contributed by atoms with E-state index in [0.717, 1.165) is 31.2 Å². The first-order chi connectivity index (χ1) is 12.4. The molecule has 2 aromatic rings. The summed E-state index contributed by atoms with van der Waals surface area (Å²) in [6, 6.07) is 6.05. The lowest BCUT2D eigenvalue weighted by Crippen LogP contribution is -2.45. The van der Waals surface area contributed by atoms with Crippen LogP contribution < -0.4 is 10.2 Å². The molecule has 0 radical (unpaired) electrons. The highest BCUT2D eigenvalue weighted by Gasteiger charge is 2.23. The molecule has 0 bridgehead atoms. The van der Waals surface area contributed by atoms with Crippen LogP contribution >= 0.6 is 0 Å². The Kier molecular flexibility index (Phi) is 5.41. The number of ether oxygens (including phenoxy) is 1. The van der Waals surface area contributed by atoms with Gasteiger partial charge in [0, 0.05) is 19.3 Å². The third-order valence-electron chi connectivity index (χ3n) is 4.02. The molecule has 3 rings (SSSR count). The summed E-state index contributed by atoms with van der Waals surface area (Å²) in [5.74, 6) is 0.384. The number of anilines is 2. The minimum absolute atomic E-state index is 0.128. The van der Waals surface area contributed by atoms with Crippen LogP contribution in [0.25, 0.3) is 0 Å². The van der Waals surface area contributed by atoms with Crippen molar-refractivity contribution < 1.29 is 18.3 Å². The van der Waals surface area contributed by atoms with E-state index in [-0.39, 0.29) is 23.5 Å². The molecule has 1 N–H and O–H groups in total. The van der Waals surface area contributed by atoms with Gasteiger partial charge in [-0.15, -0.1) is 0 Å². The molecule has 0 aliphatic carbocycles. The number of rotatable bonds is 4. The first-order valence-corrected chi connectivity index (χ1v) is 8.34. The molecule has 8 heteroatoms. The van der Waals surface area contributed by atoms with Crippen LogP contribution in [0, 0.1) is 0 Å². The van der Waals surface area contributed by atoms with Gasteiger partial charge in [-0.05, 0) is 38.1 Å². The zero-order valence-electron chi connectivity index (χ0n) is 14.5. The van der Waals surface area contributed by atoms with Crippen LogP contribution in [0.4, 0.5) is 20.3 Å². The number of hydrogen-bond donors (Lipinski definition) is 1. The first kappa shape index (κ1) is 18.2. The maximum Gasteiger partial charge on any atom is 0.280 e. The van der Waals surface area contributed by atoms with Crippen LogP contribution in [0.3, 0.4) is 0 Å². The van der Waals surface area contributed by atoms with E-state index < -0.39 is 12.3 Å². The number of alkyl halides is 2. The lowest BCUT2D eigenvalue weighted by Gasteiger charge is -2.36. The van der Waals surface area contributed by atoms with Gasteiger partial charge >= 0.3 is 0 Å². The van der Waals surface area contributed by atoms with E-state index in [9.17, 15) is 13.6 Å². The number of hydrogen-bond acceptors (Lipinski definition) is 5. The van der Waals surface area contributed by atoms with E-state index in [1.807, 2.05) is 19.9 Å². The largest absolute Gasteiger partial charge is 0.372 e. The smallest absolute Gasteiger partial charge is 0.280 e. The molecule has 2 aromatic heterocycles. The van der Waals surface area contributed by atoms with Crippen LogP contribution in [-0.2, 0) is 4.74 Å². The quantitative estimate of drug-likeness (QED) is 0.904. The predicted molar refractivity (Wildman–Crippen MR) is 93.6 cm³/mol. The predicted octanol–water partition coefficient (Wildman–Crippen LogP) is 3.28. The molecule has 6 nitrogen and oxygen atoms in total. The van der Waals surface area contributed by atoms with Crippen molar-refractivity contribution in [3.8, 4) is 0 Å². The number of carbonyl (C=O) groups excluding carboxylic acids is 1. The van der Waals surface area contributed by atoms with E-state index in [1.54, 1.807) is 12.3 Å². The topological polar surface area (TPSA) is 67.4 Å². The standard InChI is InChI=1S/C18H20F2N4O2/c1-11-9-24(10-12(2)26-11)16-6-4-14(8-22-16)23-18(25)13-3-5-15(17(19)20)21-7-13/h3-8,11-12,17H,9-10H2,1-2H3,(H,23,25). The highest BCUT2D eigenvalue weighted by molar-refractivity contribution is 6.04. The second-order valence-corrected chi connectivity index (χ2v) is 6.29. The summed E-state index contributed by atoms with van der Waals surface area (Å²) in [4.78, 5) is 22.3. The van der Waals surface area contributed by atoms with E-state index in [0.29, 0.717) is 5.69 Å². The summed E-state index contributed by atoms with van der Waals surface area (Å²) in [6.07, 6.45) is 0.301. The Morgan fingerprint density at radius 1 is 1.15 bits per heavy atom. The van der Waals surface area contributed by atoms with Gasteiger partial charge in [0.05, 0.1) is 29.7 Å². The summed E-state index contributed by atoms with van der Waals surface area (Å²) in [6.45, 7) is 5.55. The minimum Gasteiger partial charge on any atom is -0.372 e. The molecule has 1 aliphatic rings. The normalized spacial score (nSPS) is 20.3. The van der Waals surface area contributed by atoms with Crippen molar-refractivity contribution in [3.63, 3.8) is 0 Å². The van der Waals surface area contributed by atoms with Crippen LogP contribution in [0.5, 0.6) is 0 Å². The Morgan fingerprint density at radius 3 is 2.42 bits per heavy atom. The molecular weight excluding hydrogens is 342 g/mol. The molecule has 1 aliphatic heterocycles. The van der Waals surface area contributed by atoms with Gasteiger partial charge in [-0.3, -0.25) is 9.78 Å². The fourth-order valence-electron chi connectivity index (χ4n) is 2.88. The van der Waals surface area contributed by atoms with Gasteiger partial charge in [-0.2, -0.15) is 0 Å². The zero-order valence-corrected chi connectivity index (χ0v) is 14.5. The van der Waals surface area contributed by atoms with Gasteiger partial charge < -0.3 is 15.0 Å². The van der Waals surface area contributed by atoms with Gasteiger partial charge in [-0.1, -0.05) is 0 Å². The fraction of sp³-hybridized carbons (Fsp3) is 0.389. The Bertz CT molecular complexity index is 743. The number of pyridine rings is 2. The van der Waals surface area contributed by atoms with Gasteiger partial charge in [0.25, 0.3) is 12.3 Å². The van der Waals surface area contributed by atoms with E-state index in [2.05, 4.69) is 20.2 Å². The van der Waals surface area contributed by atoms with Gasteiger partial charge in [-0.25, -0.2) is 13.8 Å². The molecule has 1 fully saturated rings. The fourth-order valence-corrected chi connectivity index (χ4v) is 2.88. The molecule has 0 spiro atoms. The van der Waals surface area contributed by atoms with Crippen LogP contribution in [0.2, 0.25) is 0 Å². The average Bonchev–Trinajstić information content (AvgIpc) is 2.61. The monoisotopic (exact) mass is 362 g/mol. The number of carbonyl (C=O) groups is 1. The molecule has 26 heavy (non-hydrogen) atoms. The number of morpholine rings is 1. The number of aromatic nitrogens is 2. The molecule has 138 valence electrons. The summed E-state index contributed by atoms with van der Waals surface area (Å²) in [5.41, 5.74) is 0.363. The van der Waals surface area contributed by atoms with E-state index in [1.165, 1.54) is 6.07 Å². The Morgan fingerprint density at radius 2 is 1.88 bits per heavy atom. The van der Waals surface area contributed by atoms with Crippen LogP contribution in [0.15, 0.2) is 36.7 Å². The summed E-state index contributed by atoms with van der Waals surface area (Å²) >= 11 is 0. The van der Waals surface area contributed by atoms with Crippen molar-refractivity contribution in [2.24, 2.45) is 0 Å². The highest BCUT2D eigenvalue weighted by atomic mass is 19.3. The van der Waals surface area contributed by atoms with Gasteiger partial charge in [0.15, 0.2) is 0 Å². The maximum atomic E-state index is 12.5. The van der Waals surface area contributed by atoms with Crippen molar-refractivity contribution in [3.05, 3.63) is 47.9 Å². The molecule has 2 atom stereocenters. The minimum atomic E-state index is -2.66. The Hall–Kier alpha value is -2.61. The SMILES string of the molecule is CC1CN(c2ccc(NC(=O)c3ccc(C(F)F)nc3)cn2)CC(C)O1. The molecule has 1 saturated heterocycles. The summed E-state index contributed by atoms with van der Waals surface area (Å²) < 4.78 is 30.7. The van der Waals surface area contributed by atoms with Crippen molar-refractivity contribution >= 4 is 17.4 Å². The third-order valence-corrected chi connectivity index (χ3v) is 4.02. The summed E-state index contributed by atoms with van der Waals surface area (Å²) in [5, 5.41) is 2.68. The van der Waals surface area contributed by atoms with Crippen molar-refractivity contribution in [1.29, 1.82) is 0 Å². The maximum absolute atomic E-state index is 12.5. The van der Waals surface area contributed by atoms with Gasteiger partial charge in [0.1, 0.15) is 11.5 Å². The molecule has 1 amide bonds. The number of nitrogens with zero attached hydrogens (tertiary/aromatic N) is 3. The second kappa shape index (κ2) is 7.74. The highest BCUT2D eigenvalue weighted by Crippen LogP contribution is 2.20. The van der Waals surface area contributed by atoms with Crippen molar-refractivity contribution in [2.75, 3.05) is 23.3 Å². The van der Waals surface area contributed by atoms with Crippen molar-refractivity contribution in [2.45, 2.75) is 32.5 Å². The Balaban J connectivity index is 1.64. The van der Waals surface area contributed by atoms with Crippen molar-refractivity contribution in [1.82, 2.24) is 9.97 Å². The molecular formula is C18H20F2N4O2. The first-order valence-electron chi connectivity index (χ1n) is 8.34. The number of nitrogens with one attached hydrogen (secondary N) is 1. The number of amides is 1. The van der Waals surface area contributed by atoms with Crippen LogP contribution in [-0.4, -0.2) is 41.2 Å². The van der Waals surface area contributed by atoms with E-state index >= 15 is 0 Å². The Labute approximate surface area is 150 Å². The third kappa shape index (κ3) is 4.32. The molecule has 0 aromatic carbocycles. The molecule has 3 heterocycles.